The first kappa shape index (κ1) is 16.3. The lowest BCUT2D eigenvalue weighted by atomic mass is 9.98. The quantitative estimate of drug-likeness (QED) is 0.624. The molecule has 1 unspecified atom stereocenters. The zero-order valence-electron chi connectivity index (χ0n) is 11.5. The average molecular weight is 380 g/mol. The van der Waals surface area contributed by atoms with Crippen LogP contribution in [-0.2, 0) is 0 Å². The molecule has 0 heterocycles. The zero-order chi connectivity index (χ0) is 13.5. The summed E-state index contributed by atoms with van der Waals surface area (Å²) in [5, 5.41) is 4.42. The van der Waals surface area contributed by atoms with Crippen LogP contribution in [0.2, 0.25) is 5.02 Å². The van der Waals surface area contributed by atoms with Crippen molar-refractivity contribution in [2.75, 3.05) is 6.54 Å². The third-order valence-corrected chi connectivity index (χ3v) is 4.64. The molecule has 0 aliphatic heterocycles. The predicted octanol–water partition coefficient (Wildman–Crippen LogP) is 5.42. The Morgan fingerprint density at radius 3 is 2.56 bits per heavy atom. The largest absolute Gasteiger partial charge is 0.310 e. The van der Waals surface area contributed by atoms with E-state index < -0.39 is 0 Å². The molecule has 18 heavy (non-hydrogen) atoms. The number of hydrogen-bond acceptors (Lipinski definition) is 1. The van der Waals surface area contributed by atoms with Gasteiger partial charge in [-0.25, -0.2) is 0 Å². The second-order valence-electron chi connectivity index (χ2n) is 5.11. The Hall–Kier alpha value is 0.200. The number of benzene rings is 1. The molecule has 1 aromatic rings. The van der Waals surface area contributed by atoms with Gasteiger partial charge in [-0.1, -0.05) is 51.3 Å². The van der Waals surface area contributed by atoms with Crippen LogP contribution in [0.4, 0.5) is 0 Å². The van der Waals surface area contributed by atoms with Crippen molar-refractivity contribution in [2.24, 2.45) is 5.92 Å². The molecule has 0 bridgehead atoms. The van der Waals surface area contributed by atoms with Crippen LogP contribution < -0.4 is 5.32 Å². The Labute approximate surface area is 130 Å². The van der Waals surface area contributed by atoms with E-state index in [1.807, 2.05) is 0 Å². The molecule has 0 saturated carbocycles. The van der Waals surface area contributed by atoms with Gasteiger partial charge in [0.2, 0.25) is 0 Å². The Kier molecular flexibility index (Phi) is 7.57. The van der Waals surface area contributed by atoms with Gasteiger partial charge < -0.3 is 5.32 Å². The van der Waals surface area contributed by atoms with Gasteiger partial charge in [0.1, 0.15) is 0 Å². The summed E-state index contributed by atoms with van der Waals surface area (Å²) in [7, 11) is 0. The smallest absolute Gasteiger partial charge is 0.0542 e. The number of hydrogen-bond donors (Lipinski definition) is 1. The second-order valence-corrected chi connectivity index (χ2v) is 6.68. The summed E-state index contributed by atoms with van der Waals surface area (Å²) in [4.78, 5) is 0. The van der Waals surface area contributed by atoms with Crippen LogP contribution in [0.25, 0.3) is 0 Å². The van der Waals surface area contributed by atoms with E-state index >= 15 is 0 Å². The maximum absolute atomic E-state index is 6.21. The lowest BCUT2D eigenvalue weighted by molar-refractivity contribution is 0.455. The second kappa shape index (κ2) is 8.39. The maximum Gasteiger partial charge on any atom is 0.0542 e. The monoisotopic (exact) mass is 379 g/mol. The fourth-order valence-electron chi connectivity index (χ4n) is 2.09. The standard InChI is InChI=1S/C15H23ClIN/c1-4-18-15(7-5-6-11(2)3)12-8-9-14(17)13(16)10-12/h8-11,15,18H,4-7H2,1-3H3. The summed E-state index contributed by atoms with van der Waals surface area (Å²) in [5.74, 6) is 0.785. The van der Waals surface area contributed by atoms with Crippen LogP contribution in [0.1, 0.15) is 51.6 Å². The first-order chi connectivity index (χ1) is 8.54. The van der Waals surface area contributed by atoms with E-state index in [1.165, 1.54) is 24.8 Å². The molecule has 1 nitrogen and oxygen atoms in total. The molecular weight excluding hydrogens is 357 g/mol. The van der Waals surface area contributed by atoms with Gasteiger partial charge in [0, 0.05) is 9.61 Å². The molecular formula is C15H23ClIN. The van der Waals surface area contributed by atoms with Gasteiger partial charge in [-0.05, 0) is 59.2 Å². The summed E-state index contributed by atoms with van der Waals surface area (Å²) in [6.45, 7) is 7.72. The fourth-order valence-corrected chi connectivity index (χ4v) is 2.62. The van der Waals surface area contributed by atoms with Crippen molar-refractivity contribution in [1.82, 2.24) is 5.32 Å². The van der Waals surface area contributed by atoms with Crippen LogP contribution in [0, 0.1) is 9.49 Å². The van der Waals surface area contributed by atoms with Crippen LogP contribution in [0.15, 0.2) is 18.2 Å². The van der Waals surface area contributed by atoms with Crippen molar-refractivity contribution >= 4 is 34.2 Å². The number of halogens is 2. The average Bonchev–Trinajstić information content (AvgIpc) is 2.31. The Morgan fingerprint density at radius 1 is 1.28 bits per heavy atom. The highest BCUT2D eigenvalue weighted by molar-refractivity contribution is 14.1. The molecule has 0 fully saturated rings. The molecule has 1 atom stereocenters. The Balaban J connectivity index is 2.67. The summed E-state index contributed by atoms with van der Waals surface area (Å²) in [6.07, 6.45) is 3.74. The molecule has 0 aromatic heterocycles. The highest BCUT2D eigenvalue weighted by atomic mass is 127. The molecule has 1 rings (SSSR count). The molecule has 0 aliphatic rings. The van der Waals surface area contributed by atoms with E-state index in [9.17, 15) is 0 Å². The Bertz CT molecular complexity index is 366. The van der Waals surface area contributed by atoms with Crippen molar-refractivity contribution < 1.29 is 0 Å². The lowest BCUT2D eigenvalue weighted by Gasteiger charge is -2.19. The third kappa shape index (κ3) is 5.45. The van der Waals surface area contributed by atoms with E-state index in [1.54, 1.807) is 0 Å². The van der Waals surface area contributed by atoms with Crippen molar-refractivity contribution in [3.63, 3.8) is 0 Å². The van der Waals surface area contributed by atoms with Gasteiger partial charge in [-0.2, -0.15) is 0 Å². The molecule has 1 aromatic carbocycles. The molecule has 102 valence electrons. The molecule has 0 amide bonds. The zero-order valence-corrected chi connectivity index (χ0v) is 14.4. The van der Waals surface area contributed by atoms with Crippen LogP contribution in [0.5, 0.6) is 0 Å². The molecule has 0 aliphatic carbocycles. The van der Waals surface area contributed by atoms with E-state index in [0.29, 0.717) is 6.04 Å². The highest BCUT2D eigenvalue weighted by Crippen LogP contribution is 2.26. The summed E-state index contributed by atoms with van der Waals surface area (Å²) in [5.41, 5.74) is 1.31. The van der Waals surface area contributed by atoms with Gasteiger partial charge in [0.25, 0.3) is 0 Å². The summed E-state index contributed by atoms with van der Waals surface area (Å²) < 4.78 is 1.12. The highest BCUT2D eigenvalue weighted by Gasteiger charge is 2.11. The maximum atomic E-state index is 6.21. The minimum atomic E-state index is 0.434. The van der Waals surface area contributed by atoms with Gasteiger partial charge in [0.15, 0.2) is 0 Å². The van der Waals surface area contributed by atoms with Gasteiger partial charge >= 0.3 is 0 Å². The number of nitrogens with one attached hydrogen (secondary N) is 1. The molecule has 0 saturated heterocycles. The molecule has 0 spiro atoms. The van der Waals surface area contributed by atoms with E-state index in [0.717, 1.165) is 21.1 Å². The van der Waals surface area contributed by atoms with Crippen molar-refractivity contribution in [3.05, 3.63) is 32.4 Å². The third-order valence-electron chi connectivity index (χ3n) is 3.07. The summed E-state index contributed by atoms with van der Waals surface area (Å²) >= 11 is 8.48. The van der Waals surface area contributed by atoms with Gasteiger partial charge in [0.05, 0.1) is 5.02 Å². The van der Waals surface area contributed by atoms with Gasteiger partial charge in [-0.15, -0.1) is 0 Å². The van der Waals surface area contributed by atoms with Gasteiger partial charge in [-0.3, -0.25) is 0 Å². The van der Waals surface area contributed by atoms with Crippen molar-refractivity contribution in [2.45, 2.75) is 46.1 Å². The van der Waals surface area contributed by atoms with Crippen LogP contribution >= 0.6 is 34.2 Å². The normalized spacial score (nSPS) is 13.0. The predicted molar refractivity (Wildman–Crippen MR) is 89.3 cm³/mol. The number of rotatable bonds is 7. The SMILES string of the molecule is CCNC(CCCC(C)C)c1ccc(I)c(Cl)c1. The van der Waals surface area contributed by atoms with E-state index in [4.69, 9.17) is 11.6 Å². The van der Waals surface area contributed by atoms with Crippen molar-refractivity contribution in [1.29, 1.82) is 0 Å². The molecule has 1 N–H and O–H groups in total. The topological polar surface area (TPSA) is 12.0 Å². The summed E-state index contributed by atoms with van der Waals surface area (Å²) in [6, 6.07) is 6.83. The fraction of sp³-hybridized carbons (Fsp3) is 0.600. The molecule has 3 heteroatoms. The minimum absolute atomic E-state index is 0.434. The molecule has 0 radical (unpaired) electrons. The first-order valence-electron chi connectivity index (χ1n) is 6.73. The van der Waals surface area contributed by atoms with Crippen molar-refractivity contribution in [3.8, 4) is 0 Å². The van der Waals surface area contributed by atoms with Crippen LogP contribution in [0.3, 0.4) is 0 Å². The van der Waals surface area contributed by atoms with E-state index in [2.05, 4.69) is 66.9 Å². The lowest BCUT2D eigenvalue weighted by Crippen LogP contribution is -2.21. The minimum Gasteiger partial charge on any atom is -0.310 e. The Morgan fingerprint density at radius 2 is 2.00 bits per heavy atom. The first-order valence-corrected chi connectivity index (χ1v) is 8.18. The van der Waals surface area contributed by atoms with E-state index in [-0.39, 0.29) is 0 Å². The van der Waals surface area contributed by atoms with Crippen LogP contribution in [-0.4, -0.2) is 6.54 Å².